The van der Waals surface area contributed by atoms with Gasteiger partial charge in [-0.25, -0.2) is 4.68 Å². The SMILES string of the molecule is O=C(CSc1nnnn1C1CC1)Nc1nnc(-c2ccccc2)s1. The highest BCUT2D eigenvalue weighted by atomic mass is 32.2. The van der Waals surface area contributed by atoms with Crippen LogP contribution in [0.4, 0.5) is 5.13 Å². The molecule has 0 radical (unpaired) electrons. The third kappa shape index (κ3) is 3.44. The Morgan fingerprint density at radius 2 is 2.08 bits per heavy atom. The van der Waals surface area contributed by atoms with Gasteiger partial charge in [-0.05, 0) is 23.3 Å². The predicted octanol–water partition coefficient (Wildman–Crippen LogP) is 2.26. The van der Waals surface area contributed by atoms with E-state index in [9.17, 15) is 4.79 Å². The molecule has 0 unspecified atom stereocenters. The normalized spacial score (nSPS) is 13.8. The number of tetrazole rings is 1. The maximum Gasteiger partial charge on any atom is 0.236 e. The first-order valence-electron chi connectivity index (χ1n) is 7.39. The summed E-state index contributed by atoms with van der Waals surface area (Å²) in [6, 6.07) is 10.1. The number of rotatable bonds is 6. The van der Waals surface area contributed by atoms with Gasteiger partial charge in [0.2, 0.25) is 16.2 Å². The van der Waals surface area contributed by atoms with Gasteiger partial charge < -0.3 is 0 Å². The Hall–Kier alpha value is -2.33. The number of benzene rings is 1. The maximum atomic E-state index is 12.1. The topological polar surface area (TPSA) is 98.5 Å². The lowest BCUT2D eigenvalue weighted by Gasteiger charge is -2.02. The molecule has 8 nitrogen and oxygen atoms in total. The van der Waals surface area contributed by atoms with Crippen LogP contribution in [0, 0.1) is 0 Å². The fraction of sp³-hybridized carbons (Fsp3) is 0.286. The number of hydrogen-bond acceptors (Lipinski definition) is 8. The second-order valence-corrected chi connectivity index (χ2v) is 7.17. The number of aromatic nitrogens is 6. The zero-order chi connectivity index (χ0) is 16.4. The summed E-state index contributed by atoms with van der Waals surface area (Å²) in [5, 5.41) is 24.4. The Bertz CT molecular complexity index is 844. The van der Waals surface area contributed by atoms with Crippen LogP contribution in [-0.4, -0.2) is 42.1 Å². The van der Waals surface area contributed by atoms with Crippen molar-refractivity contribution in [3.05, 3.63) is 30.3 Å². The summed E-state index contributed by atoms with van der Waals surface area (Å²) in [6.07, 6.45) is 2.19. The van der Waals surface area contributed by atoms with Gasteiger partial charge in [0.1, 0.15) is 5.01 Å². The number of anilines is 1. The first-order valence-corrected chi connectivity index (χ1v) is 9.19. The average Bonchev–Trinajstić information content (AvgIpc) is 3.16. The van der Waals surface area contributed by atoms with Crippen molar-refractivity contribution >= 4 is 34.1 Å². The van der Waals surface area contributed by atoms with Gasteiger partial charge in [-0.2, -0.15) is 0 Å². The number of thioether (sulfide) groups is 1. The molecule has 1 aliphatic carbocycles. The highest BCUT2D eigenvalue weighted by molar-refractivity contribution is 7.99. The molecule has 1 aliphatic rings. The molecule has 10 heteroatoms. The number of nitrogens with zero attached hydrogens (tertiary/aromatic N) is 6. The molecule has 4 rings (SSSR count). The quantitative estimate of drug-likeness (QED) is 0.674. The van der Waals surface area contributed by atoms with Crippen LogP contribution in [0.25, 0.3) is 10.6 Å². The Kier molecular flexibility index (Phi) is 4.22. The largest absolute Gasteiger partial charge is 0.300 e. The van der Waals surface area contributed by atoms with Gasteiger partial charge in [-0.1, -0.05) is 53.4 Å². The second kappa shape index (κ2) is 6.65. The summed E-state index contributed by atoms with van der Waals surface area (Å²) < 4.78 is 1.79. The van der Waals surface area contributed by atoms with Crippen molar-refractivity contribution in [2.24, 2.45) is 0 Å². The fourth-order valence-corrected chi connectivity index (χ4v) is 3.60. The molecule has 1 aromatic carbocycles. The Labute approximate surface area is 145 Å². The maximum absolute atomic E-state index is 12.1. The zero-order valence-electron chi connectivity index (χ0n) is 12.5. The number of carbonyl (C=O) groups excluding carboxylic acids is 1. The average molecular weight is 359 g/mol. The fourth-order valence-electron chi connectivity index (χ4n) is 2.09. The molecule has 0 atom stereocenters. The van der Waals surface area contributed by atoms with Gasteiger partial charge in [-0.3, -0.25) is 10.1 Å². The summed E-state index contributed by atoms with van der Waals surface area (Å²) in [6.45, 7) is 0. The minimum absolute atomic E-state index is 0.152. The van der Waals surface area contributed by atoms with E-state index in [4.69, 9.17) is 0 Å². The van der Waals surface area contributed by atoms with Gasteiger partial charge in [0.05, 0.1) is 11.8 Å². The molecule has 0 spiro atoms. The number of hydrogen-bond donors (Lipinski definition) is 1. The van der Waals surface area contributed by atoms with Crippen molar-refractivity contribution < 1.29 is 4.79 Å². The lowest BCUT2D eigenvalue weighted by molar-refractivity contribution is -0.113. The smallest absolute Gasteiger partial charge is 0.236 e. The number of amides is 1. The summed E-state index contributed by atoms with van der Waals surface area (Å²) in [4.78, 5) is 12.1. The van der Waals surface area contributed by atoms with E-state index in [-0.39, 0.29) is 11.7 Å². The van der Waals surface area contributed by atoms with Crippen molar-refractivity contribution in [1.29, 1.82) is 0 Å². The van der Waals surface area contributed by atoms with Crippen molar-refractivity contribution in [2.75, 3.05) is 11.1 Å². The first kappa shape index (κ1) is 15.2. The molecule has 1 amide bonds. The number of nitrogens with one attached hydrogen (secondary N) is 1. The van der Waals surface area contributed by atoms with Crippen LogP contribution >= 0.6 is 23.1 Å². The Morgan fingerprint density at radius 3 is 2.88 bits per heavy atom. The van der Waals surface area contributed by atoms with Crippen LogP contribution in [0.1, 0.15) is 18.9 Å². The third-order valence-corrected chi connectivity index (χ3v) is 5.20. The van der Waals surface area contributed by atoms with Crippen molar-refractivity contribution in [1.82, 2.24) is 30.4 Å². The van der Waals surface area contributed by atoms with Crippen LogP contribution in [0.2, 0.25) is 0 Å². The van der Waals surface area contributed by atoms with Crippen LogP contribution in [0.15, 0.2) is 35.5 Å². The highest BCUT2D eigenvalue weighted by Crippen LogP contribution is 2.36. The van der Waals surface area contributed by atoms with E-state index >= 15 is 0 Å². The van der Waals surface area contributed by atoms with E-state index in [0.29, 0.717) is 16.3 Å². The van der Waals surface area contributed by atoms with Crippen molar-refractivity contribution in [3.63, 3.8) is 0 Å². The van der Waals surface area contributed by atoms with E-state index in [0.717, 1.165) is 23.4 Å². The summed E-state index contributed by atoms with van der Waals surface area (Å²) in [5.74, 6) is 0.0778. The van der Waals surface area contributed by atoms with E-state index in [1.807, 2.05) is 30.3 Å². The molecule has 1 saturated carbocycles. The van der Waals surface area contributed by atoms with Gasteiger partial charge in [0, 0.05) is 5.56 Å². The van der Waals surface area contributed by atoms with Gasteiger partial charge in [0.25, 0.3) is 0 Å². The molecule has 0 aliphatic heterocycles. The van der Waals surface area contributed by atoms with E-state index < -0.39 is 0 Å². The minimum atomic E-state index is -0.152. The zero-order valence-corrected chi connectivity index (χ0v) is 14.1. The molecule has 24 heavy (non-hydrogen) atoms. The molecule has 2 heterocycles. The standard InChI is InChI=1S/C14H13N7OS2/c22-11(8-23-14-18-19-20-21(14)10-6-7-10)15-13-17-16-12(24-13)9-4-2-1-3-5-9/h1-5,10H,6-8H2,(H,15,17,22). The minimum Gasteiger partial charge on any atom is -0.300 e. The number of carbonyl (C=O) groups is 1. The lowest BCUT2D eigenvalue weighted by atomic mass is 10.2. The molecule has 1 fully saturated rings. The Balaban J connectivity index is 1.34. The molecular weight excluding hydrogens is 346 g/mol. The van der Waals surface area contributed by atoms with Crippen LogP contribution < -0.4 is 5.32 Å². The molecule has 122 valence electrons. The van der Waals surface area contributed by atoms with Gasteiger partial charge in [0.15, 0.2) is 0 Å². The molecule has 1 N–H and O–H groups in total. The lowest BCUT2D eigenvalue weighted by Crippen LogP contribution is -2.14. The summed E-state index contributed by atoms with van der Waals surface area (Å²) in [5.41, 5.74) is 0.980. The van der Waals surface area contributed by atoms with Crippen LogP contribution in [0.5, 0.6) is 0 Å². The molecular formula is C14H13N7OS2. The van der Waals surface area contributed by atoms with E-state index in [1.165, 1.54) is 23.1 Å². The first-order chi connectivity index (χ1) is 11.8. The van der Waals surface area contributed by atoms with E-state index in [2.05, 4.69) is 31.0 Å². The second-order valence-electron chi connectivity index (χ2n) is 5.25. The monoisotopic (exact) mass is 359 g/mol. The van der Waals surface area contributed by atoms with Gasteiger partial charge >= 0.3 is 0 Å². The molecule has 0 bridgehead atoms. The predicted molar refractivity (Wildman–Crippen MR) is 90.8 cm³/mol. The molecule has 3 aromatic rings. The summed E-state index contributed by atoms with van der Waals surface area (Å²) in [7, 11) is 0. The van der Waals surface area contributed by atoms with E-state index in [1.54, 1.807) is 4.68 Å². The third-order valence-electron chi connectivity index (χ3n) is 3.38. The summed E-state index contributed by atoms with van der Waals surface area (Å²) >= 11 is 2.67. The van der Waals surface area contributed by atoms with Crippen molar-refractivity contribution in [2.45, 2.75) is 24.0 Å². The Morgan fingerprint density at radius 1 is 1.25 bits per heavy atom. The molecule has 0 saturated heterocycles. The van der Waals surface area contributed by atoms with Crippen molar-refractivity contribution in [3.8, 4) is 10.6 Å². The molecule has 2 aromatic heterocycles. The highest BCUT2D eigenvalue weighted by Gasteiger charge is 2.28. The van der Waals surface area contributed by atoms with Crippen LogP contribution in [0.3, 0.4) is 0 Å². The van der Waals surface area contributed by atoms with Crippen LogP contribution in [-0.2, 0) is 4.79 Å². The van der Waals surface area contributed by atoms with Gasteiger partial charge in [-0.15, -0.1) is 15.3 Å².